The Labute approximate surface area is 203 Å². The van der Waals surface area contributed by atoms with Gasteiger partial charge in [0.1, 0.15) is 5.75 Å². The van der Waals surface area contributed by atoms with Gasteiger partial charge >= 0.3 is 0 Å². The molecule has 0 aliphatic carbocycles. The van der Waals surface area contributed by atoms with Gasteiger partial charge in [0, 0.05) is 37.4 Å². The average molecular weight is 478 g/mol. The minimum atomic E-state index is -0.460. The summed E-state index contributed by atoms with van der Waals surface area (Å²) in [5, 5.41) is 17.4. The lowest BCUT2D eigenvalue weighted by Gasteiger charge is -2.34. The molecule has 2 aliphatic rings. The van der Waals surface area contributed by atoms with Crippen LogP contribution in [-0.4, -0.2) is 32.9 Å². The van der Waals surface area contributed by atoms with Gasteiger partial charge in [-0.15, -0.1) is 24.8 Å². The Bertz CT molecular complexity index is 883. The zero-order valence-corrected chi connectivity index (χ0v) is 20.1. The largest absolute Gasteiger partial charge is 0.496 e. The summed E-state index contributed by atoms with van der Waals surface area (Å²) in [6, 6.07) is 20.1. The molecule has 0 radical (unpaired) electrons. The fourth-order valence-electron chi connectivity index (χ4n) is 4.76. The first-order chi connectivity index (χ1) is 14.8. The van der Waals surface area contributed by atoms with E-state index in [9.17, 15) is 5.26 Å². The third-order valence-electron chi connectivity index (χ3n) is 6.57. The van der Waals surface area contributed by atoms with Gasteiger partial charge in [-0.1, -0.05) is 36.4 Å². The maximum absolute atomic E-state index is 9.95. The number of rotatable bonds is 6. The number of nitriles is 1. The van der Waals surface area contributed by atoms with Gasteiger partial charge in [0.2, 0.25) is 0 Å². The van der Waals surface area contributed by atoms with Crippen molar-refractivity contribution in [2.24, 2.45) is 0 Å². The zero-order valence-electron chi connectivity index (χ0n) is 18.5. The summed E-state index contributed by atoms with van der Waals surface area (Å²) < 4.78 is 11.2. The highest BCUT2D eigenvalue weighted by atomic mass is 35.5. The average Bonchev–Trinajstić information content (AvgIpc) is 2.83. The van der Waals surface area contributed by atoms with Crippen LogP contribution in [0.15, 0.2) is 48.5 Å². The van der Waals surface area contributed by atoms with Crippen LogP contribution in [0.4, 0.5) is 0 Å². The summed E-state index contributed by atoms with van der Waals surface area (Å²) >= 11 is 0. The number of hydrogen-bond donors (Lipinski definition) is 2. The van der Waals surface area contributed by atoms with E-state index in [-0.39, 0.29) is 24.8 Å². The standard InChI is InChI=1S/C25H31N3O2.2ClH/c1-29-23-10-9-21(25(18-26)11-14-30-15-12-25)16-20(23)17-28-22-8-5-13-27-24(22)19-6-3-2-4-7-19;;/h2-4,6-7,9-10,16,22,24,27-28H,5,8,11-15,17H2,1H3;2*1H/t22-,24-;;/m0../s1. The second-order valence-electron chi connectivity index (χ2n) is 8.31. The number of nitrogens with zero attached hydrogens (tertiary/aromatic N) is 1. The molecule has 174 valence electrons. The van der Waals surface area contributed by atoms with Crippen LogP contribution in [0.2, 0.25) is 0 Å². The van der Waals surface area contributed by atoms with E-state index in [1.165, 1.54) is 5.56 Å². The minimum Gasteiger partial charge on any atom is -0.496 e. The molecular formula is C25H33Cl2N3O2. The molecule has 0 spiro atoms. The van der Waals surface area contributed by atoms with Crippen molar-refractivity contribution in [2.75, 3.05) is 26.9 Å². The maximum Gasteiger partial charge on any atom is 0.123 e. The SMILES string of the molecule is COc1ccc(C2(C#N)CCOCC2)cc1CN[C@H]1CCCN[C@H]1c1ccccc1.Cl.Cl. The fraction of sp³-hybridized carbons (Fsp3) is 0.480. The zero-order chi connectivity index (χ0) is 20.8. The third kappa shape index (κ3) is 5.75. The van der Waals surface area contributed by atoms with Crippen molar-refractivity contribution in [2.45, 2.75) is 49.7 Å². The second-order valence-corrected chi connectivity index (χ2v) is 8.31. The molecule has 0 bridgehead atoms. The number of benzene rings is 2. The molecule has 2 aromatic carbocycles. The third-order valence-corrected chi connectivity index (χ3v) is 6.57. The van der Waals surface area contributed by atoms with Gasteiger partial charge in [-0.05, 0) is 55.5 Å². The van der Waals surface area contributed by atoms with Gasteiger partial charge in [0.15, 0.2) is 0 Å². The van der Waals surface area contributed by atoms with E-state index in [2.05, 4.69) is 53.1 Å². The molecule has 0 saturated carbocycles. The highest BCUT2D eigenvalue weighted by Crippen LogP contribution is 2.36. The molecule has 4 rings (SSSR count). The second kappa shape index (κ2) is 12.4. The van der Waals surface area contributed by atoms with E-state index in [0.717, 1.165) is 49.1 Å². The number of halogens is 2. The van der Waals surface area contributed by atoms with Gasteiger partial charge in [-0.2, -0.15) is 5.26 Å². The van der Waals surface area contributed by atoms with Crippen molar-refractivity contribution in [1.29, 1.82) is 5.26 Å². The predicted octanol–water partition coefficient (Wildman–Crippen LogP) is 4.69. The molecule has 0 unspecified atom stereocenters. The Morgan fingerprint density at radius 3 is 2.59 bits per heavy atom. The Kier molecular flexibility index (Phi) is 10.3. The van der Waals surface area contributed by atoms with Crippen LogP contribution in [-0.2, 0) is 16.7 Å². The van der Waals surface area contributed by atoms with E-state index in [1.54, 1.807) is 7.11 Å². The molecule has 2 aromatic rings. The Balaban J connectivity index is 0.00000181. The molecule has 2 fully saturated rings. The van der Waals surface area contributed by atoms with Crippen molar-refractivity contribution in [1.82, 2.24) is 10.6 Å². The van der Waals surface area contributed by atoms with Crippen LogP contribution in [0.5, 0.6) is 5.75 Å². The van der Waals surface area contributed by atoms with Crippen molar-refractivity contribution in [3.63, 3.8) is 0 Å². The number of nitrogens with one attached hydrogen (secondary N) is 2. The Morgan fingerprint density at radius 1 is 1.16 bits per heavy atom. The highest BCUT2D eigenvalue weighted by molar-refractivity contribution is 5.85. The molecule has 7 heteroatoms. The van der Waals surface area contributed by atoms with Crippen LogP contribution in [0.1, 0.15) is 48.4 Å². The van der Waals surface area contributed by atoms with E-state index >= 15 is 0 Å². The van der Waals surface area contributed by atoms with Gasteiger partial charge in [-0.3, -0.25) is 0 Å². The number of ether oxygens (including phenoxy) is 2. The monoisotopic (exact) mass is 477 g/mol. The van der Waals surface area contributed by atoms with Crippen molar-refractivity contribution in [3.05, 3.63) is 65.2 Å². The van der Waals surface area contributed by atoms with Gasteiger partial charge in [0.25, 0.3) is 0 Å². The molecule has 2 heterocycles. The van der Waals surface area contributed by atoms with Crippen molar-refractivity contribution in [3.8, 4) is 11.8 Å². The van der Waals surface area contributed by atoms with E-state index < -0.39 is 5.41 Å². The molecule has 0 aromatic heterocycles. The molecule has 5 nitrogen and oxygen atoms in total. The van der Waals surface area contributed by atoms with Crippen molar-refractivity contribution >= 4 is 24.8 Å². The van der Waals surface area contributed by atoms with Gasteiger partial charge < -0.3 is 20.1 Å². The summed E-state index contributed by atoms with van der Waals surface area (Å²) in [7, 11) is 1.71. The van der Waals surface area contributed by atoms with Crippen LogP contribution < -0.4 is 15.4 Å². The lowest BCUT2D eigenvalue weighted by Crippen LogP contribution is -2.45. The summed E-state index contributed by atoms with van der Waals surface area (Å²) in [4.78, 5) is 0. The molecule has 2 atom stereocenters. The topological polar surface area (TPSA) is 66.3 Å². The van der Waals surface area contributed by atoms with E-state index in [1.807, 2.05) is 12.1 Å². The quantitative estimate of drug-likeness (QED) is 0.631. The summed E-state index contributed by atoms with van der Waals surface area (Å²) in [5.41, 5.74) is 3.04. The lowest BCUT2D eigenvalue weighted by molar-refractivity contribution is 0.0675. The molecule has 32 heavy (non-hydrogen) atoms. The summed E-state index contributed by atoms with van der Waals surface area (Å²) in [6.45, 7) is 3.04. The predicted molar refractivity (Wildman–Crippen MR) is 132 cm³/mol. The summed E-state index contributed by atoms with van der Waals surface area (Å²) in [6.07, 6.45) is 3.78. The maximum atomic E-state index is 9.95. The Morgan fingerprint density at radius 2 is 1.91 bits per heavy atom. The number of piperidine rings is 1. The van der Waals surface area contributed by atoms with Gasteiger partial charge in [0.05, 0.1) is 18.6 Å². The van der Waals surface area contributed by atoms with Crippen molar-refractivity contribution < 1.29 is 9.47 Å². The highest BCUT2D eigenvalue weighted by Gasteiger charge is 2.35. The smallest absolute Gasteiger partial charge is 0.123 e. The Hall–Kier alpha value is -1.81. The first-order valence-electron chi connectivity index (χ1n) is 10.9. The fourth-order valence-corrected chi connectivity index (χ4v) is 4.76. The van der Waals surface area contributed by atoms with Gasteiger partial charge in [-0.25, -0.2) is 0 Å². The molecule has 0 amide bonds. The van der Waals surface area contributed by atoms with Crippen LogP contribution in [0, 0.1) is 11.3 Å². The molecule has 2 saturated heterocycles. The minimum absolute atomic E-state index is 0. The van der Waals surface area contributed by atoms with Crippen LogP contribution >= 0.6 is 24.8 Å². The first kappa shape index (κ1) is 26.4. The number of hydrogen-bond acceptors (Lipinski definition) is 5. The van der Waals surface area contributed by atoms with Crippen LogP contribution in [0.3, 0.4) is 0 Å². The van der Waals surface area contributed by atoms with E-state index in [4.69, 9.17) is 9.47 Å². The van der Waals surface area contributed by atoms with E-state index in [0.29, 0.717) is 31.8 Å². The number of methoxy groups -OCH3 is 1. The normalized spacial score (nSPS) is 22.0. The lowest BCUT2D eigenvalue weighted by atomic mass is 9.75. The molecule has 2 N–H and O–H groups in total. The van der Waals surface area contributed by atoms with Crippen LogP contribution in [0.25, 0.3) is 0 Å². The molecule has 2 aliphatic heterocycles. The molecular weight excluding hydrogens is 445 g/mol. The first-order valence-corrected chi connectivity index (χ1v) is 10.9. The summed E-state index contributed by atoms with van der Waals surface area (Å²) in [5.74, 6) is 0.867.